The van der Waals surface area contributed by atoms with Crippen LogP contribution in [0.2, 0.25) is 0 Å². The van der Waals surface area contributed by atoms with Crippen LogP contribution in [-0.4, -0.2) is 16.8 Å². The number of para-hydroxylation sites is 1. The van der Waals surface area contributed by atoms with Gasteiger partial charge in [-0.1, -0.05) is 24.3 Å². The Balaban J connectivity index is 2.28. The fourth-order valence-corrected chi connectivity index (χ4v) is 2.22. The lowest BCUT2D eigenvalue weighted by atomic mass is 10.2. The Hall–Kier alpha value is -2.40. The average molecular weight is 316 g/mol. The zero-order valence-electron chi connectivity index (χ0n) is 12.0. The van der Waals surface area contributed by atoms with E-state index in [0.717, 1.165) is 11.3 Å². The molecule has 0 unspecified atom stereocenters. The molecule has 0 heterocycles. The molecule has 0 spiro atoms. The van der Waals surface area contributed by atoms with Crippen LogP contribution in [0.3, 0.4) is 0 Å². The molecule has 114 valence electrons. The maximum absolute atomic E-state index is 13.1. The molecule has 22 heavy (non-hydrogen) atoms. The summed E-state index contributed by atoms with van der Waals surface area (Å²) in [5.41, 5.74) is 1.47. The zero-order chi connectivity index (χ0) is 15.9. The van der Waals surface area contributed by atoms with Crippen molar-refractivity contribution in [2.75, 3.05) is 11.4 Å². The zero-order valence-corrected chi connectivity index (χ0v) is 12.8. The van der Waals surface area contributed by atoms with Gasteiger partial charge in [0, 0.05) is 17.8 Å². The number of rotatable bonds is 5. The van der Waals surface area contributed by atoms with Gasteiger partial charge in [0.05, 0.1) is 6.54 Å². The summed E-state index contributed by atoms with van der Waals surface area (Å²) in [6.07, 6.45) is 1.70. The highest BCUT2D eigenvalue weighted by Gasteiger charge is 2.14. The van der Waals surface area contributed by atoms with Crippen molar-refractivity contribution in [2.45, 2.75) is 6.54 Å². The topological polar surface area (TPSA) is 35.5 Å². The molecule has 0 aliphatic heterocycles. The van der Waals surface area contributed by atoms with E-state index in [1.54, 1.807) is 35.2 Å². The Bertz CT molecular complexity index is 658. The smallest absolute Gasteiger partial charge is 0.174 e. The van der Waals surface area contributed by atoms with Crippen molar-refractivity contribution in [1.29, 1.82) is 0 Å². The maximum Gasteiger partial charge on any atom is 0.174 e. The number of thiocarbonyl (C=S) groups is 1. The molecule has 0 radical (unpaired) electrons. The van der Waals surface area contributed by atoms with Crippen LogP contribution in [0.1, 0.15) is 5.56 Å². The van der Waals surface area contributed by atoms with Gasteiger partial charge in [-0.2, -0.15) is 0 Å². The first kappa shape index (κ1) is 16.0. The van der Waals surface area contributed by atoms with Gasteiger partial charge in [0.25, 0.3) is 0 Å². The summed E-state index contributed by atoms with van der Waals surface area (Å²) in [5, 5.41) is 13.5. The summed E-state index contributed by atoms with van der Waals surface area (Å²) < 4.78 is 13.1. The second-order valence-corrected chi connectivity index (χ2v) is 5.05. The minimum Gasteiger partial charge on any atom is -0.508 e. The normalized spacial score (nSPS) is 10.0. The molecular weight excluding hydrogens is 299 g/mol. The first-order valence-corrected chi connectivity index (χ1v) is 7.21. The van der Waals surface area contributed by atoms with Crippen molar-refractivity contribution in [3.8, 4) is 5.75 Å². The highest BCUT2D eigenvalue weighted by Crippen LogP contribution is 2.22. The van der Waals surface area contributed by atoms with Crippen LogP contribution in [0, 0.1) is 5.82 Å². The number of phenolic OH excluding ortho intramolecular Hbond substituents is 1. The van der Waals surface area contributed by atoms with Crippen molar-refractivity contribution in [2.24, 2.45) is 0 Å². The Morgan fingerprint density at radius 3 is 2.55 bits per heavy atom. The first-order chi connectivity index (χ1) is 10.6. The van der Waals surface area contributed by atoms with Crippen LogP contribution in [0.4, 0.5) is 10.1 Å². The fraction of sp³-hybridized carbons (Fsp3) is 0.118. The van der Waals surface area contributed by atoms with Gasteiger partial charge in [-0.25, -0.2) is 4.39 Å². The Kier molecular flexibility index (Phi) is 5.49. The van der Waals surface area contributed by atoms with Gasteiger partial charge >= 0.3 is 0 Å². The molecule has 0 saturated heterocycles. The van der Waals surface area contributed by atoms with Crippen molar-refractivity contribution in [3.05, 3.63) is 72.6 Å². The number of aromatic hydroxyl groups is 1. The van der Waals surface area contributed by atoms with Crippen LogP contribution < -0.4 is 10.2 Å². The molecule has 5 heteroatoms. The van der Waals surface area contributed by atoms with Crippen molar-refractivity contribution < 1.29 is 9.50 Å². The quantitative estimate of drug-likeness (QED) is 0.653. The second-order valence-electron chi connectivity index (χ2n) is 4.67. The molecule has 0 atom stereocenters. The number of nitrogens with one attached hydrogen (secondary N) is 1. The van der Waals surface area contributed by atoms with E-state index in [9.17, 15) is 9.50 Å². The molecule has 0 bridgehead atoms. The van der Waals surface area contributed by atoms with E-state index in [2.05, 4.69) is 11.9 Å². The van der Waals surface area contributed by atoms with Crippen molar-refractivity contribution in [1.82, 2.24) is 5.32 Å². The van der Waals surface area contributed by atoms with Gasteiger partial charge in [-0.3, -0.25) is 0 Å². The summed E-state index contributed by atoms with van der Waals surface area (Å²) >= 11 is 5.39. The van der Waals surface area contributed by atoms with Gasteiger partial charge < -0.3 is 15.3 Å². The Morgan fingerprint density at radius 2 is 1.91 bits per heavy atom. The van der Waals surface area contributed by atoms with Crippen molar-refractivity contribution >= 4 is 23.0 Å². The third-order valence-corrected chi connectivity index (χ3v) is 3.47. The molecule has 2 aromatic rings. The number of hydrogen-bond donors (Lipinski definition) is 2. The summed E-state index contributed by atoms with van der Waals surface area (Å²) in [6, 6.07) is 13.1. The van der Waals surface area contributed by atoms with E-state index in [1.165, 1.54) is 12.1 Å². The largest absolute Gasteiger partial charge is 0.508 e. The predicted octanol–water partition coefficient (Wildman–Crippen LogP) is 3.60. The number of halogens is 1. The molecular formula is C17H17FN2OS. The number of benzene rings is 2. The lowest BCUT2D eigenvalue weighted by Gasteiger charge is -2.26. The van der Waals surface area contributed by atoms with Crippen molar-refractivity contribution in [3.63, 3.8) is 0 Å². The molecule has 2 aromatic carbocycles. The van der Waals surface area contributed by atoms with E-state index in [4.69, 9.17) is 12.2 Å². The minimum atomic E-state index is -0.309. The van der Waals surface area contributed by atoms with Gasteiger partial charge in [0.1, 0.15) is 11.6 Å². The van der Waals surface area contributed by atoms with Crippen LogP contribution in [0.15, 0.2) is 61.2 Å². The van der Waals surface area contributed by atoms with Crippen LogP contribution in [0.5, 0.6) is 5.75 Å². The third-order valence-electron chi connectivity index (χ3n) is 3.10. The van der Waals surface area contributed by atoms with Crippen LogP contribution >= 0.6 is 12.2 Å². The van der Waals surface area contributed by atoms with E-state index in [-0.39, 0.29) is 11.6 Å². The Morgan fingerprint density at radius 1 is 1.23 bits per heavy atom. The molecule has 2 rings (SSSR count). The number of nitrogens with zero attached hydrogens (tertiary/aromatic N) is 1. The summed E-state index contributed by atoms with van der Waals surface area (Å²) in [7, 11) is 0. The average Bonchev–Trinajstić information content (AvgIpc) is 2.53. The van der Waals surface area contributed by atoms with Crippen LogP contribution in [-0.2, 0) is 6.54 Å². The molecule has 0 fully saturated rings. The molecule has 0 aliphatic rings. The molecule has 0 aliphatic carbocycles. The standard InChI is InChI=1S/C17H17FN2OS/c1-2-11-19-17(22)20(15-9-7-14(18)8-10-15)12-13-5-3-4-6-16(13)21/h2-10,21H,1,11-12H2,(H,19,22). The maximum atomic E-state index is 13.1. The number of hydrogen-bond acceptors (Lipinski definition) is 2. The highest BCUT2D eigenvalue weighted by atomic mass is 32.1. The predicted molar refractivity (Wildman–Crippen MR) is 91.5 cm³/mol. The number of phenols is 1. The van der Waals surface area contributed by atoms with Gasteiger partial charge in [0.2, 0.25) is 0 Å². The minimum absolute atomic E-state index is 0.195. The Labute approximate surface area is 134 Å². The summed E-state index contributed by atoms with van der Waals surface area (Å²) in [4.78, 5) is 1.80. The molecule has 0 saturated carbocycles. The van der Waals surface area contributed by atoms with Gasteiger partial charge in [-0.05, 0) is 42.5 Å². The van der Waals surface area contributed by atoms with Crippen LogP contribution in [0.25, 0.3) is 0 Å². The van der Waals surface area contributed by atoms with E-state index in [1.807, 2.05) is 12.1 Å². The fourth-order valence-electron chi connectivity index (χ4n) is 1.97. The monoisotopic (exact) mass is 316 g/mol. The van der Waals surface area contributed by atoms with E-state index >= 15 is 0 Å². The van der Waals surface area contributed by atoms with E-state index < -0.39 is 0 Å². The molecule has 2 N–H and O–H groups in total. The summed E-state index contributed by atoms with van der Waals surface area (Å²) in [5.74, 6) is -0.114. The molecule has 0 aromatic heterocycles. The SMILES string of the molecule is C=CCNC(=S)N(Cc1ccccc1O)c1ccc(F)cc1. The van der Waals surface area contributed by atoms with Gasteiger partial charge in [0.15, 0.2) is 5.11 Å². The van der Waals surface area contributed by atoms with E-state index in [0.29, 0.717) is 18.2 Å². The summed E-state index contributed by atoms with van der Waals surface area (Å²) in [6.45, 7) is 4.55. The number of anilines is 1. The molecule has 0 amide bonds. The highest BCUT2D eigenvalue weighted by molar-refractivity contribution is 7.80. The lowest BCUT2D eigenvalue weighted by Crippen LogP contribution is -2.39. The third kappa shape index (κ3) is 4.05. The molecule has 3 nitrogen and oxygen atoms in total. The lowest BCUT2D eigenvalue weighted by molar-refractivity contribution is 0.468. The van der Waals surface area contributed by atoms with Gasteiger partial charge in [-0.15, -0.1) is 6.58 Å². The first-order valence-electron chi connectivity index (χ1n) is 6.80. The second kappa shape index (κ2) is 7.56.